The molecule has 1 saturated carbocycles. The van der Waals surface area contributed by atoms with Crippen molar-refractivity contribution in [3.8, 4) is 0 Å². The van der Waals surface area contributed by atoms with Crippen molar-refractivity contribution in [3.63, 3.8) is 0 Å². The molecule has 77 valence electrons. The maximum absolute atomic E-state index is 13.9. The van der Waals surface area contributed by atoms with Crippen molar-refractivity contribution in [1.82, 2.24) is 0 Å². The second-order valence-electron chi connectivity index (χ2n) is 4.34. The molecule has 0 heterocycles. The van der Waals surface area contributed by atoms with Crippen LogP contribution in [0.3, 0.4) is 0 Å². The van der Waals surface area contributed by atoms with Gasteiger partial charge in [-0.1, -0.05) is 20.8 Å². The van der Waals surface area contributed by atoms with Gasteiger partial charge >= 0.3 is 0 Å². The van der Waals surface area contributed by atoms with E-state index in [-0.39, 0.29) is 18.8 Å². The van der Waals surface area contributed by atoms with E-state index in [0.717, 1.165) is 0 Å². The number of hydrogen-bond donors (Lipinski definition) is 0. The van der Waals surface area contributed by atoms with Crippen molar-refractivity contribution >= 4 is 0 Å². The lowest BCUT2D eigenvalue weighted by Crippen LogP contribution is -2.48. The van der Waals surface area contributed by atoms with E-state index >= 15 is 0 Å². The number of alkyl halides is 2. The molecular formula is C10H16F3. The van der Waals surface area contributed by atoms with Gasteiger partial charge < -0.3 is 0 Å². The Morgan fingerprint density at radius 2 is 2.00 bits per heavy atom. The predicted molar refractivity (Wildman–Crippen MR) is 46.3 cm³/mol. The largest absolute Gasteiger partial charge is 0.244 e. The summed E-state index contributed by atoms with van der Waals surface area (Å²) in [5.41, 5.74) is -2.34. The molecule has 0 aliphatic heterocycles. The van der Waals surface area contributed by atoms with Crippen LogP contribution in [-0.4, -0.2) is 11.8 Å². The van der Waals surface area contributed by atoms with Gasteiger partial charge in [-0.05, 0) is 24.7 Å². The predicted octanol–water partition coefficient (Wildman–Crippen LogP) is 3.62. The third-order valence-electron chi connectivity index (χ3n) is 2.85. The lowest BCUT2D eigenvalue weighted by Gasteiger charge is -2.40. The summed E-state index contributed by atoms with van der Waals surface area (Å²) in [5.74, 6) is -0.715. The molecule has 0 nitrogen and oxygen atoms in total. The summed E-state index contributed by atoms with van der Waals surface area (Å²) < 4.78 is 40.5. The molecule has 3 unspecified atom stereocenters. The first-order valence-corrected chi connectivity index (χ1v) is 4.73. The van der Waals surface area contributed by atoms with Crippen LogP contribution in [0.1, 0.15) is 33.6 Å². The zero-order valence-corrected chi connectivity index (χ0v) is 8.28. The summed E-state index contributed by atoms with van der Waals surface area (Å²) >= 11 is 0. The van der Waals surface area contributed by atoms with Crippen molar-refractivity contribution in [1.29, 1.82) is 0 Å². The maximum Gasteiger partial charge on any atom is 0.185 e. The van der Waals surface area contributed by atoms with Gasteiger partial charge in [-0.2, -0.15) is 0 Å². The number of hydrogen-bond acceptors (Lipinski definition) is 0. The van der Waals surface area contributed by atoms with Gasteiger partial charge in [0.05, 0.1) is 0 Å². The standard InChI is InChI=1S/C10H16F3/c1-6(2)10(13)8(11)4-7(3)5-9(10)12/h6-8H,4-5H2,1-3H3. The Bertz CT molecular complexity index is 167. The highest BCUT2D eigenvalue weighted by Crippen LogP contribution is 2.47. The van der Waals surface area contributed by atoms with Gasteiger partial charge in [-0.3, -0.25) is 0 Å². The van der Waals surface area contributed by atoms with Gasteiger partial charge in [0.1, 0.15) is 6.17 Å². The van der Waals surface area contributed by atoms with Crippen LogP contribution in [0.4, 0.5) is 13.2 Å². The van der Waals surface area contributed by atoms with E-state index in [1.807, 2.05) is 0 Å². The normalized spacial score (nSPS) is 42.7. The second kappa shape index (κ2) is 3.50. The van der Waals surface area contributed by atoms with Crippen molar-refractivity contribution in [2.75, 3.05) is 0 Å². The summed E-state index contributed by atoms with van der Waals surface area (Å²) in [4.78, 5) is 0. The Labute approximate surface area is 77.5 Å². The summed E-state index contributed by atoms with van der Waals surface area (Å²) in [6, 6.07) is 0. The summed E-state index contributed by atoms with van der Waals surface area (Å²) in [5, 5.41) is 0. The Balaban J connectivity index is 2.83. The SMILES string of the molecule is CC1C[C](F)C(F)(C(C)C)C(F)C1. The fraction of sp³-hybridized carbons (Fsp3) is 0.900. The van der Waals surface area contributed by atoms with Crippen LogP contribution in [0.5, 0.6) is 0 Å². The molecule has 0 saturated heterocycles. The van der Waals surface area contributed by atoms with E-state index in [1.165, 1.54) is 13.8 Å². The minimum atomic E-state index is -2.34. The molecule has 1 fully saturated rings. The van der Waals surface area contributed by atoms with Crippen LogP contribution < -0.4 is 0 Å². The van der Waals surface area contributed by atoms with Crippen molar-refractivity contribution in [3.05, 3.63) is 6.17 Å². The fourth-order valence-corrected chi connectivity index (χ4v) is 1.92. The number of halogens is 3. The lowest BCUT2D eigenvalue weighted by molar-refractivity contribution is -0.0476. The van der Waals surface area contributed by atoms with Gasteiger partial charge in [0, 0.05) is 0 Å². The van der Waals surface area contributed by atoms with Crippen molar-refractivity contribution in [2.24, 2.45) is 11.8 Å². The maximum atomic E-state index is 13.9. The second-order valence-corrected chi connectivity index (χ2v) is 4.34. The molecule has 3 atom stereocenters. The molecule has 0 spiro atoms. The average Bonchev–Trinajstić information content (AvgIpc) is 1.99. The van der Waals surface area contributed by atoms with Crippen molar-refractivity contribution < 1.29 is 13.2 Å². The van der Waals surface area contributed by atoms with Crippen LogP contribution in [0.25, 0.3) is 0 Å². The van der Waals surface area contributed by atoms with E-state index in [0.29, 0.717) is 0 Å². The number of rotatable bonds is 1. The monoisotopic (exact) mass is 193 g/mol. The van der Waals surface area contributed by atoms with E-state index in [2.05, 4.69) is 0 Å². The smallest absolute Gasteiger partial charge is 0.185 e. The zero-order valence-electron chi connectivity index (χ0n) is 8.28. The van der Waals surface area contributed by atoms with Gasteiger partial charge in [-0.15, -0.1) is 0 Å². The van der Waals surface area contributed by atoms with Crippen LogP contribution in [0.15, 0.2) is 0 Å². The topological polar surface area (TPSA) is 0 Å². The Morgan fingerprint density at radius 3 is 2.38 bits per heavy atom. The van der Waals surface area contributed by atoms with E-state index in [9.17, 15) is 13.2 Å². The van der Waals surface area contributed by atoms with Crippen LogP contribution in [0.2, 0.25) is 0 Å². The molecule has 0 aromatic heterocycles. The summed E-state index contributed by atoms with van der Waals surface area (Å²) in [6.07, 6.45) is -2.30. The molecule has 0 amide bonds. The average molecular weight is 193 g/mol. The summed E-state index contributed by atoms with van der Waals surface area (Å²) in [7, 11) is 0. The highest BCUT2D eigenvalue weighted by Gasteiger charge is 2.54. The molecule has 0 aromatic rings. The first kappa shape index (κ1) is 10.9. The first-order chi connectivity index (χ1) is 5.89. The molecule has 1 rings (SSSR count). The van der Waals surface area contributed by atoms with Crippen LogP contribution in [-0.2, 0) is 0 Å². The zero-order chi connectivity index (χ0) is 10.2. The first-order valence-electron chi connectivity index (χ1n) is 4.73. The highest BCUT2D eigenvalue weighted by atomic mass is 19.2. The molecular weight excluding hydrogens is 177 g/mol. The molecule has 1 aliphatic rings. The van der Waals surface area contributed by atoms with E-state index in [4.69, 9.17) is 0 Å². The third-order valence-corrected chi connectivity index (χ3v) is 2.85. The van der Waals surface area contributed by atoms with Gasteiger partial charge in [0.25, 0.3) is 0 Å². The Hall–Kier alpha value is -0.210. The van der Waals surface area contributed by atoms with E-state index in [1.54, 1.807) is 6.92 Å². The molecule has 13 heavy (non-hydrogen) atoms. The Morgan fingerprint density at radius 1 is 1.46 bits per heavy atom. The quantitative estimate of drug-likeness (QED) is 0.596. The van der Waals surface area contributed by atoms with Gasteiger partial charge in [0.2, 0.25) is 0 Å². The van der Waals surface area contributed by atoms with Gasteiger partial charge in [0.15, 0.2) is 11.8 Å². The lowest BCUT2D eigenvalue weighted by atomic mass is 9.72. The molecule has 0 bridgehead atoms. The molecule has 0 aromatic carbocycles. The molecule has 0 N–H and O–H groups in total. The van der Waals surface area contributed by atoms with E-state index < -0.39 is 23.9 Å². The fourth-order valence-electron chi connectivity index (χ4n) is 1.92. The van der Waals surface area contributed by atoms with Crippen LogP contribution >= 0.6 is 0 Å². The Kier molecular flexibility index (Phi) is 2.93. The molecule has 3 heteroatoms. The summed E-state index contributed by atoms with van der Waals surface area (Å²) in [6.45, 7) is 4.77. The minimum Gasteiger partial charge on any atom is -0.244 e. The highest BCUT2D eigenvalue weighted by molar-refractivity contribution is 5.11. The molecule has 1 aliphatic carbocycles. The minimum absolute atomic E-state index is 0.0646. The van der Waals surface area contributed by atoms with Gasteiger partial charge in [-0.25, -0.2) is 13.2 Å². The van der Waals surface area contributed by atoms with Crippen molar-refractivity contribution in [2.45, 2.75) is 45.5 Å². The van der Waals surface area contributed by atoms with Crippen LogP contribution in [0, 0.1) is 18.0 Å². The third kappa shape index (κ3) is 1.70. The molecule has 1 radical (unpaired) electrons.